The van der Waals surface area contributed by atoms with Crippen LogP contribution >= 0.6 is 11.3 Å². The average Bonchev–Trinajstić information content (AvgIpc) is 3.33. The largest absolute Gasteiger partial charge is 0.494 e. The fraction of sp³-hybridized carbons (Fsp3) is 0.323. The summed E-state index contributed by atoms with van der Waals surface area (Å²) >= 11 is 1.57. The molecule has 204 valence electrons. The zero-order valence-electron chi connectivity index (χ0n) is 22.7. The molecule has 0 amide bonds. The van der Waals surface area contributed by atoms with Crippen molar-refractivity contribution in [2.45, 2.75) is 45.1 Å². The maximum Gasteiger partial charge on any atom is 0.243 e. The molecular weight excluding hydrogens is 526 g/mol. The van der Waals surface area contributed by atoms with E-state index >= 15 is 0 Å². The van der Waals surface area contributed by atoms with Crippen molar-refractivity contribution in [3.8, 4) is 17.0 Å². The maximum atomic E-state index is 13.2. The van der Waals surface area contributed by atoms with Crippen molar-refractivity contribution in [2.24, 2.45) is 10.9 Å². The Balaban J connectivity index is 1.49. The highest BCUT2D eigenvalue weighted by Gasteiger charge is 2.28. The van der Waals surface area contributed by atoms with Crippen molar-refractivity contribution in [1.82, 2.24) is 8.87 Å². The molecule has 0 N–H and O–H groups in total. The first-order valence-electron chi connectivity index (χ1n) is 13.5. The lowest BCUT2D eigenvalue weighted by molar-refractivity contribution is 0.288. The van der Waals surface area contributed by atoms with E-state index in [-0.39, 0.29) is 0 Å². The van der Waals surface area contributed by atoms with Crippen molar-refractivity contribution in [3.63, 3.8) is 0 Å². The lowest BCUT2D eigenvalue weighted by Crippen LogP contribution is -2.37. The predicted molar refractivity (Wildman–Crippen MR) is 158 cm³/mol. The Labute approximate surface area is 235 Å². The summed E-state index contributed by atoms with van der Waals surface area (Å²) in [5, 5.41) is 2.09. The molecule has 4 aromatic rings. The quantitative estimate of drug-likeness (QED) is 0.243. The van der Waals surface area contributed by atoms with Crippen LogP contribution in [0.2, 0.25) is 0 Å². The average molecular weight is 562 g/mol. The number of ether oxygens (including phenoxy) is 1. The Morgan fingerprint density at radius 3 is 2.26 bits per heavy atom. The van der Waals surface area contributed by atoms with Gasteiger partial charge < -0.3 is 9.30 Å². The summed E-state index contributed by atoms with van der Waals surface area (Å²) in [4.78, 5) is 6.17. The van der Waals surface area contributed by atoms with E-state index in [1.165, 1.54) is 11.1 Å². The molecule has 3 aromatic carbocycles. The van der Waals surface area contributed by atoms with E-state index in [1.807, 2.05) is 43.3 Å². The van der Waals surface area contributed by atoms with Crippen LogP contribution in [0.5, 0.6) is 5.75 Å². The second kappa shape index (κ2) is 11.9. The van der Waals surface area contributed by atoms with Gasteiger partial charge in [-0.05, 0) is 80.1 Å². The maximum absolute atomic E-state index is 13.2. The van der Waals surface area contributed by atoms with Gasteiger partial charge in [0.15, 0.2) is 4.80 Å². The van der Waals surface area contributed by atoms with Crippen molar-refractivity contribution in [1.29, 1.82) is 0 Å². The normalized spacial score (nSPS) is 15.5. The monoisotopic (exact) mass is 561 g/mol. The Morgan fingerprint density at radius 2 is 1.62 bits per heavy atom. The lowest BCUT2D eigenvalue weighted by atomic mass is 10.0. The molecule has 0 aliphatic carbocycles. The topological polar surface area (TPSA) is 63.9 Å². The van der Waals surface area contributed by atoms with Crippen molar-refractivity contribution in [3.05, 3.63) is 94.1 Å². The number of aryl methyl sites for hydroxylation is 1. The van der Waals surface area contributed by atoms with Crippen LogP contribution in [0.4, 0.5) is 5.69 Å². The summed E-state index contributed by atoms with van der Waals surface area (Å²) in [6.45, 7) is 8.68. The van der Waals surface area contributed by atoms with Gasteiger partial charge in [0.1, 0.15) is 5.75 Å². The van der Waals surface area contributed by atoms with Crippen LogP contribution < -0.4 is 9.54 Å². The van der Waals surface area contributed by atoms with Crippen molar-refractivity contribution in [2.75, 3.05) is 19.7 Å². The summed E-state index contributed by atoms with van der Waals surface area (Å²) in [5.41, 5.74) is 5.20. The van der Waals surface area contributed by atoms with Gasteiger partial charge in [-0.3, -0.25) is 0 Å². The zero-order valence-corrected chi connectivity index (χ0v) is 24.3. The van der Waals surface area contributed by atoms with Crippen LogP contribution in [0.15, 0.2) is 88.1 Å². The standard InChI is InChI=1S/C31H35N3O3S2/c1-4-37-28-13-11-27(12-14-28)32-31-34(21-25-7-5-23(2)6-8-25)30(22-38-31)26-9-15-29(16-10-26)39(35,36)33-19-17-24(3)18-20-33/h5-16,22,24H,4,17-21H2,1-3H3. The number of sulfonamides is 1. The lowest BCUT2D eigenvalue weighted by Gasteiger charge is -2.29. The van der Waals surface area contributed by atoms with Gasteiger partial charge in [-0.2, -0.15) is 4.31 Å². The highest BCUT2D eigenvalue weighted by molar-refractivity contribution is 7.89. The molecule has 5 rings (SSSR count). The van der Waals surface area contributed by atoms with Gasteiger partial charge >= 0.3 is 0 Å². The van der Waals surface area contributed by atoms with E-state index < -0.39 is 10.0 Å². The number of piperidine rings is 1. The molecular formula is C31H35N3O3S2. The van der Waals surface area contributed by atoms with Crippen LogP contribution in [-0.4, -0.2) is 37.0 Å². The minimum absolute atomic E-state index is 0.348. The minimum Gasteiger partial charge on any atom is -0.494 e. The van der Waals surface area contributed by atoms with Gasteiger partial charge in [-0.1, -0.05) is 48.9 Å². The van der Waals surface area contributed by atoms with E-state index in [4.69, 9.17) is 9.73 Å². The summed E-state index contributed by atoms with van der Waals surface area (Å²) < 4.78 is 35.9. The second-order valence-electron chi connectivity index (χ2n) is 10.1. The fourth-order valence-corrected chi connectivity index (χ4v) is 7.14. The number of nitrogens with zero attached hydrogens (tertiary/aromatic N) is 3. The fourth-order valence-electron chi connectivity index (χ4n) is 4.74. The summed E-state index contributed by atoms with van der Waals surface area (Å²) in [5.74, 6) is 1.40. The molecule has 39 heavy (non-hydrogen) atoms. The highest BCUT2D eigenvalue weighted by Crippen LogP contribution is 2.27. The van der Waals surface area contributed by atoms with Gasteiger partial charge in [0, 0.05) is 18.5 Å². The van der Waals surface area contributed by atoms with E-state index in [0.29, 0.717) is 37.1 Å². The Kier molecular flexibility index (Phi) is 8.35. The van der Waals surface area contributed by atoms with Crippen LogP contribution in [0.25, 0.3) is 11.3 Å². The number of benzene rings is 3. The molecule has 1 aliphatic rings. The van der Waals surface area contributed by atoms with E-state index in [0.717, 1.165) is 40.3 Å². The molecule has 0 bridgehead atoms. The summed E-state index contributed by atoms with van der Waals surface area (Å²) in [7, 11) is -3.49. The summed E-state index contributed by atoms with van der Waals surface area (Å²) in [6.07, 6.45) is 1.82. The predicted octanol–water partition coefficient (Wildman–Crippen LogP) is 6.63. The van der Waals surface area contributed by atoms with Gasteiger partial charge in [0.25, 0.3) is 0 Å². The van der Waals surface area contributed by atoms with Crippen molar-refractivity contribution >= 4 is 27.0 Å². The molecule has 1 saturated heterocycles. The molecule has 0 saturated carbocycles. The zero-order chi connectivity index (χ0) is 27.4. The first kappa shape index (κ1) is 27.4. The van der Waals surface area contributed by atoms with E-state index in [2.05, 4.69) is 48.1 Å². The number of thiazole rings is 1. The third-order valence-corrected chi connectivity index (χ3v) is 9.94. The summed E-state index contributed by atoms with van der Waals surface area (Å²) in [6, 6.07) is 23.6. The Bertz CT molecular complexity index is 1560. The molecule has 0 unspecified atom stereocenters. The molecule has 1 aliphatic heterocycles. The van der Waals surface area contributed by atoms with Gasteiger partial charge in [0.05, 0.1) is 29.4 Å². The van der Waals surface area contributed by atoms with Crippen LogP contribution in [0.3, 0.4) is 0 Å². The van der Waals surface area contributed by atoms with Gasteiger partial charge in [-0.15, -0.1) is 11.3 Å². The molecule has 0 spiro atoms. The minimum atomic E-state index is -3.49. The van der Waals surface area contributed by atoms with Gasteiger partial charge in [-0.25, -0.2) is 13.4 Å². The number of rotatable bonds is 8. The third kappa shape index (κ3) is 6.35. The Morgan fingerprint density at radius 1 is 0.949 bits per heavy atom. The number of aromatic nitrogens is 1. The third-order valence-electron chi connectivity index (χ3n) is 7.16. The second-order valence-corrected chi connectivity index (χ2v) is 12.9. The van der Waals surface area contributed by atoms with E-state index in [9.17, 15) is 8.42 Å². The molecule has 8 heteroatoms. The molecule has 1 aromatic heterocycles. The van der Waals surface area contributed by atoms with Crippen molar-refractivity contribution < 1.29 is 13.2 Å². The first-order chi connectivity index (χ1) is 18.8. The van der Waals surface area contributed by atoms with Crippen LogP contribution in [0.1, 0.15) is 37.8 Å². The number of hydrogen-bond acceptors (Lipinski definition) is 5. The highest BCUT2D eigenvalue weighted by atomic mass is 32.2. The molecule has 0 atom stereocenters. The van der Waals surface area contributed by atoms with Crippen LogP contribution in [-0.2, 0) is 16.6 Å². The van der Waals surface area contributed by atoms with Gasteiger partial charge in [0.2, 0.25) is 10.0 Å². The Hall–Kier alpha value is -3.20. The first-order valence-corrected chi connectivity index (χ1v) is 15.8. The SMILES string of the molecule is CCOc1ccc(N=c2scc(-c3ccc(S(=O)(=O)N4CCC(C)CC4)cc3)n2Cc2ccc(C)cc2)cc1. The molecule has 1 fully saturated rings. The number of hydrogen-bond donors (Lipinski definition) is 0. The molecule has 0 radical (unpaired) electrons. The van der Waals surface area contributed by atoms with Crippen LogP contribution in [0, 0.1) is 12.8 Å². The van der Waals surface area contributed by atoms with E-state index in [1.54, 1.807) is 27.8 Å². The smallest absolute Gasteiger partial charge is 0.243 e. The molecule has 2 heterocycles. The molecule has 6 nitrogen and oxygen atoms in total.